The summed E-state index contributed by atoms with van der Waals surface area (Å²) < 4.78 is 2.31. The molecule has 0 N–H and O–H groups in total. The number of pyridine rings is 1. The Labute approximate surface area is 191 Å². The molecule has 0 aliphatic carbocycles. The second-order valence-corrected chi connectivity index (χ2v) is 16.3. The van der Waals surface area contributed by atoms with Crippen molar-refractivity contribution in [2.75, 3.05) is 0 Å². The SMILES string of the molecule is CCc1cc(C)c(C)c(-c2c3ccc([Si](C(C)C)(C(C)C)C(C)C)cc3cc[n+]2C)c1. The van der Waals surface area contributed by atoms with Crippen molar-refractivity contribution < 1.29 is 4.57 Å². The highest BCUT2D eigenvalue weighted by molar-refractivity contribution is 6.95. The minimum atomic E-state index is -1.67. The Morgan fingerprint density at radius 2 is 1.45 bits per heavy atom. The van der Waals surface area contributed by atoms with Crippen molar-refractivity contribution in [2.24, 2.45) is 7.05 Å². The Balaban J connectivity index is 2.33. The van der Waals surface area contributed by atoms with E-state index in [9.17, 15) is 0 Å². The van der Waals surface area contributed by atoms with Gasteiger partial charge in [-0.3, -0.25) is 0 Å². The molecule has 2 aromatic carbocycles. The third kappa shape index (κ3) is 3.88. The quantitative estimate of drug-likeness (QED) is 0.282. The summed E-state index contributed by atoms with van der Waals surface area (Å²) >= 11 is 0. The first-order valence-corrected chi connectivity index (χ1v) is 14.3. The van der Waals surface area contributed by atoms with Crippen molar-refractivity contribution in [1.29, 1.82) is 0 Å². The van der Waals surface area contributed by atoms with Gasteiger partial charge in [0.25, 0.3) is 0 Å². The number of benzene rings is 2. The van der Waals surface area contributed by atoms with Gasteiger partial charge in [-0.2, -0.15) is 0 Å². The molecular formula is C29H42NSi+. The Bertz CT molecular complexity index is 1070. The lowest BCUT2D eigenvalue weighted by atomic mass is 9.93. The lowest BCUT2D eigenvalue weighted by molar-refractivity contribution is -0.659. The minimum absolute atomic E-state index is 0.718. The maximum atomic E-state index is 2.54. The average Bonchev–Trinajstić information content (AvgIpc) is 2.70. The largest absolute Gasteiger partial charge is 0.220 e. The van der Waals surface area contributed by atoms with Gasteiger partial charge in [0, 0.05) is 6.07 Å². The molecule has 0 saturated carbocycles. The fourth-order valence-electron chi connectivity index (χ4n) is 6.36. The summed E-state index contributed by atoms with van der Waals surface area (Å²) in [5.74, 6) is 0. The van der Waals surface area contributed by atoms with Crippen LogP contribution in [0, 0.1) is 13.8 Å². The zero-order chi connectivity index (χ0) is 23.1. The van der Waals surface area contributed by atoms with Crippen LogP contribution in [0.5, 0.6) is 0 Å². The van der Waals surface area contributed by atoms with Gasteiger partial charge in [-0.1, -0.05) is 71.9 Å². The summed E-state index contributed by atoms with van der Waals surface area (Å²) in [5, 5.41) is 4.36. The van der Waals surface area contributed by atoms with Gasteiger partial charge in [0.2, 0.25) is 5.69 Å². The monoisotopic (exact) mass is 432 g/mol. The van der Waals surface area contributed by atoms with Gasteiger partial charge in [0.1, 0.15) is 7.05 Å². The molecular weight excluding hydrogens is 390 g/mol. The van der Waals surface area contributed by atoms with Crippen LogP contribution in [0.3, 0.4) is 0 Å². The van der Waals surface area contributed by atoms with E-state index >= 15 is 0 Å². The molecule has 3 aromatic rings. The van der Waals surface area contributed by atoms with Crippen LogP contribution in [0.2, 0.25) is 16.6 Å². The molecule has 0 aliphatic rings. The van der Waals surface area contributed by atoms with Gasteiger partial charge in [-0.15, -0.1) is 0 Å². The standard InChI is InChI=1S/C29H42NSi/c1-11-24-16-22(8)23(9)28(17-24)29-27-13-12-26(18-25(27)14-15-30(29)10)31(19(2)3,20(4)5)21(6)7/h12-21H,11H2,1-10H3/q+1. The van der Waals surface area contributed by atoms with Crippen LogP contribution >= 0.6 is 0 Å². The van der Waals surface area contributed by atoms with Crippen molar-refractivity contribution >= 4 is 24.0 Å². The number of hydrogen-bond donors (Lipinski definition) is 0. The van der Waals surface area contributed by atoms with Crippen LogP contribution in [0.4, 0.5) is 0 Å². The molecule has 0 atom stereocenters. The molecule has 0 bridgehead atoms. The highest BCUT2D eigenvalue weighted by Gasteiger charge is 2.44. The van der Waals surface area contributed by atoms with E-state index in [1.165, 1.54) is 38.7 Å². The Morgan fingerprint density at radius 1 is 0.839 bits per heavy atom. The molecule has 3 rings (SSSR count). The smallest absolute Gasteiger partial charge is 0.200 e. The lowest BCUT2D eigenvalue weighted by Gasteiger charge is -2.43. The number of rotatable bonds is 6. The van der Waals surface area contributed by atoms with Crippen molar-refractivity contribution in [3.8, 4) is 11.3 Å². The minimum Gasteiger partial charge on any atom is -0.200 e. The number of fused-ring (bicyclic) bond motifs is 1. The van der Waals surface area contributed by atoms with E-state index in [2.05, 4.69) is 117 Å². The predicted molar refractivity (Wildman–Crippen MR) is 140 cm³/mol. The highest BCUT2D eigenvalue weighted by atomic mass is 28.3. The van der Waals surface area contributed by atoms with E-state index in [0.717, 1.165) is 23.0 Å². The van der Waals surface area contributed by atoms with Crippen LogP contribution in [0.25, 0.3) is 22.0 Å². The normalized spacial score (nSPS) is 12.5. The molecule has 0 spiro atoms. The molecule has 0 amide bonds. The van der Waals surface area contributed by atoms with Crippen molar-refractivity contribution in [1.82, 2.24) is 0 Å². The molecule has 2 heteroatoms. The third-order valence-corrected chi connectivity index (χ3v) is 14.9. The molecule has 0 unspecified atom stereocenters. The zero-order valence-electron chi connectivity index (χ0n) is 21.4. The topological polar surface area (TPSA) is 3.88 Å². The molecule has 1 aromatic heterocycles. The summed E-state index contributed by atoms with van der Waals surface area (Å²) in [4.78, 5) is 0. The Hall–Kier alpha value is -1.93. The Morgan fingerprint density at radius 3 is 2.00 bits per heavy atom. The molecule has 0 radical (unpaired) electrons. The van der Waals surface area contributed by atoms with Crippen molar-refractivity contribution in [3.63, 3.8) is 0 Å². The number of aromatic nitrogens is 1. The van der Waals surface area contributed by atoms with Crippen LogP contribution in [0.1, 0.15) is 65.2 Å². The summed E-state index contributed by atoms with van der Waals surface area (Å²) in [6, 6.07) is 14.5. The van der Waals surface area contributed by atoms with Gasteiger partial charge in [-0.25, -0.2) is 4.57 Å². The fourth-order valence-corrected chi connectivity index (χ4v) is 13.1. The van der Waals surface area contributed by atoms with E-state index in [1.54, 1.807) is 5.19 Å². The van der Waals surface area contributed by atoms with Crippen LogP contribution in [0.15, 0.2) is 42.6 Å². The van der Waals surface area contributed by atoms with Gasteiger partial charge in [0.15, 0.2) is 6.20 Å². The first-order valence-electron chi connectivity index (χ1n) is 12.1. The fraction of sp³-hybridized carbons (Fsp3) is 0.483. The van der Waals surface area contributed by atoms with E-state index in [0.29, 0.717) is 0 Å². The molecule has 0 saturated heterocycles. The number of nitrogens with zero attached hydrogens (tertiary/aromatic N) is 1. The second-order valence-electron chi connectivity index (χ2n) is 10.4. The molecule has 0 aliphatic heterocycles. The Kier molecular flexibility index (Phi) is 6.81. The number of aryl methyl sites for hydroxylation is 3. The first kappa shape index (κ1) is 23.7. The zero-order valence-corrected chi connectivity index (χ0v) is 22.4. The lowest BCUT2D eigenvalue weighted by Crippen LogP contribution is -2.55. The first-order chi connectivity index (χ1) is 14.5. The third-order valence-electron chi connectivity index (χ3n) is 7.89. The van der Waals surface area contributed by atoms with E-state index in [4.69, 9.17) is 0 Å². The van der Waals surface area contributed by atoms with Crippen LogP contribution < -0.4 is 9.75 Å². The van der Waals surface area contributed by atoms with Gasteiger partial charge < -0.3 is 0 Å². The maximum absolute atomic E-state index is 2.54. The summed E-state index contributed by atoms with van der Waals surface area (Å²) in [6.07, 6.45) is 3.32. The molecule has 1 heterocycles. The molecule has 166 valence electrons. The average molecular weight is 433 g/mol. The van der Waals surface area contributed by atoms with Crippen molar-refractivity contribution in [2.45, 2.75) is 85.4 Å². The van der Waals surface area contributed by atoms with Gasteiger partial charge in [0.05, 0.1) is 19.0 Å². The predicted octanol–water partition coefficient (Wildman–Crippen LogP) is 7.40. The van der Waals surface area contributed by atoms with Gasteiger partial charge >= 0.3 is 0 Å². The molecule has 1 nitrogen and oxygen atoms in total. The van der Waals surface area contributed by atoms with E-state index in [-0.39, 0.29) is 0 Å². The summed E-state index contributed by atoms with van der Waals surface area (Å²) in [6.45, 7) is 21.5. The highest BCUT2D eigenvalue weighted by Crippen LogP contribution is 2.41. The number of hydrogen-bond acceptors (Lipinski definition) is 0. The molecule has 0 fully saturated rings. The van der Waals surface area contributed by atoms with Crippen molar-refractivity contribution in [3.05, 3.63) is 59.3 Å². The van der Waals surface area contributed by atoms with Crippen LogP contribution in [-0.2, 0) is 13.5 Å². The van der Waals surface area contributed by atoms with E-state index in [1.807, 2.05) is 0 Å². The second kappa shape index (κ2) is 8.90. The maximum Gasteiger partial charge on any atom is 0.220 e. The molecule has 31 heavy (non-hydrogen) atoms. The summed E-state index contributed by atoms with van der Waals surface area (Å²) in [7, 11) is 0.513. The van der Waals surface area contributed by atoms with E-state index < -0.39 is 8.07 Å². The van der Waals surface area contributed by atoms with Gasteiger partial charge in [-0.05, 0) is 71.1 Å². The van der Waals surface area contributed by atoms with Crippen LogP contribution in [-0.4, -0.2) is 8.07 Å². The summed E-state index contributed by atoms with van der Waals surface area (Å²) in [5.41, 5.74) is 9.05.